The van der Waals surface area contributed by atoms with Gasteiger partial charge in [-0.05, 0) is 41.1 Å². The van der Waals surface area contributed by atoms with Crippen LogP contribution in [0.15, 0.2) is 64.4 Å². The van der Waals surface area contributed by atoms with E-state index in [1.54, 1.807) is 23.6 Å². The molecule has 0 aliphatic heterocycles. The van der Waals surface area contributed by atoms with Crippen molar-refractivity contribution in [3.05, 3.63) is 65.1 Å². The molecule has 0 radical (unpaired) electrons. The van der Waals surface area contributed by atoms with E-state index in [-0.39, 0.29) is 5.56 Å². The van der Waals surface area contributed by atoms with Gasteiger partial charge in [0.2, 0.25) is 0 Å². The molecule has 0 aliphatic carbocycles. The van der Waals surface area contributed by atoms with Gasteiger partial charge in [0.1, 0.15) is 0 Å². The summed E-state index contributed by atoms with van der Waals surface area (Å²) in [7, 11) is 1.80. The number of hydrogen-bond acceptors (Lipinski definition) is 3. The largest absolute Gasteiger partial charge is 0.317 e. The third-order valence-corrected chi connectivity index (χ3v) is 4.49. The lowest BCUT2D eigenvalue weighted by Crippen LogP contribution is -2.16. The Balaban J connectivity index is 2.18. The molecule has 112 valence electrons. The maximum absolute atomic E-state index is 12.3. The molecule has 3 aromatic rings. The number of nitrogens with zero attached hydrogens (tertiary/aromatic N) is 1. The highest BCUT2D eigenvalue weighted by molar-refractivity contribution is 7.97. The molecule has 0 atom stereocenters. The van der Waals surface area contributed by atoms with Crippen LogP contribution in [0.3, 0.4) is 0 Å². The van der Waals surface area contributed by atoms with Gasteiger partial charge in [-0.2, -0.15) is 0 Å². The van der Waals surface area contributed by atoms with Crippen LogP contribution in [0.4, 0.5) is 0 Å². The van der Waals surface area contributed by atoms with Gasteiger partial charge in [-0.1, -0.05) is 37.3 Å². The molecule has 0 unspecified atom stereocenters. The van der Waals surface area contributed by atoms with Crippen LogP contribution >= 0.6 is 11.9 Å². The summed E-state index contributed by atoms with van der Waals surface area (Å²) in [5.41, 5.74) is 2.24. The van der Waals surface area contributed by atoms with Crippen LogP contribution < -0.4 is 10.3 Å². The fourth-order valence-electron chi connectivity index (χ4n) is 2.53. The molecule has 1 heterocycles. The second-order valence-electron chi connectivity index (χ2n) is 5.13. The fourth-order valence-corrected chi connectivity index (χ4v) is 3.17. The highest BCUT2D eigenvalue weighted by atomic mass is 32.2. The first-order valence-electron chi connectivity index (χ1n) is 7.29. The summed E-state index contributed by atoms with van der Waals surface area (Å²) in [6.45, 7) is 3.00. The number of pyridine rings is 1. The van der Waals surface area contributed by atoms with E-state index >= 15 is 0 Å². The lowest BCUT2D eigenvalue weighted by atomic mass is 10.0. The van der Waals surface area contributed by atoms with Crippen molar-refractivity contribution in [1.82, 2.24) is 9.29 Å². The SMILES string of the molecule is CCNSc1cccc(-c2cn(C)c(=O)c3ccccc23)c1. The Morgan fingerprint density at radius 2 is 1.86 bits per heavy atom. The van der Waals surface area contributed by atoms with Crippen molar-refractivity contribution < 1.29 is 0 Å². The highest BCUT2D eigenvalue weighted by Gasteiger charge is 2.09. The average Bonchev–Trinajstić information content (AvgIpc) is 2.56. The standard InChI is InChI=1S/C18H18N2OS/c1-3-19-22-14-8-6-7-13(11-14)17-12-20(2)18(21)16-10-5-4-9-15(16)17/h4-12,19H,3H2,1-2H3. The molecule has 1 aromatic heterocycles. The van der Waals surface area contributed by atoms with E-state index in [0.717, 1.165) is 33.3 Å². The number of benzene rings is 2. The lowest BCUT2D eigenvalue weighted by Gasteiger charge is -2.11. The molecular formula is C18H18N2OS. The Morgan fingerprint density at radius 1 is 1.09 bits per heavy atom. The first-order chi connectivity index (χ1) is 10.7. The van der Waals surface area contributed by atoms with Crippen LogP contribution in [0.25, 0.3) is 21.9 Å². The van der Waals surface area contributed by atoms with E-state index in [1.807, 2.05) is 30.5 Å². The van der Waals surface area contributed by atoms with E-state index in [9.17, 15) is 4.79 Å². The topological polar surface area (TPSA) is 34.0 Å². The number of fused-ring (bicyclic) bond motifs is 1. The maximum Gasteiger partial charge on any atom is 0.258 e. The number of aromatic nitrogens is 1. The number of hydrogen-bond donors (Lipinski definition) is 1. The number of nitrogens with one attached hydrogen (secondary N) is 1. The molecular weight excluding hydrogens is 292 g/mol. The summed E-state index contributed by atoms with van der Waals surface area (Å²) in [5, 5.41) is 1.75. The summed E-state index contributed by atoms with van der Waals surface area (Å²) < 4.78 is 4.92. The van der Waals surface area contributed by atoms with Gasteiger partial charge in [0, 0.05) is 35.6 Å². The Labute approximate surface area is 134 Å². The molecule has 0 bridgehead atoms. The monoisotopic (exact) mass is 310 g/mol. The van der Waals surface area contributed by atoms with E-state index in [4.69, 9.17) is 0 Å². The van der Waals surface area contributed by atoms with Gasteiger partial charge in [-0.25, -0.2) is 0 Å². The van der Waals surface area contributed by atoms with Crippen molar-refractivity contribution in [3.8, 4) is 11.1 Å². The third kappa shape index (κ3) is 2.80. The number of aryl methyl sites for hydroxylation is 1. The zero-order chi connectivity index (χ0) is 15.5. The zero-order valence-corrected chi connectivity index (χ0v) is 13.5. The van der Waals surface area contributed by atoms with Crippen LogP contribution in [0.2, 0.25) is 0 Å². The molecule has 4 heteroatoms. The molecule has 1 N–H and O–H groups in total. The summed E-state index contributed by atoms with van der Waals surface area (Å²) >= 11 is 1.62. The molecule has 22 heavy (non-hydrogen) atoms. The molecule has 0 saturated heterocycles. The van der Waals surface area contributed by atoms with Gasteiger partial charge in [0.15, 0.2) is 0 Å². The van der Waals surface area contributed by atoms with Gasteiger partial charge >= 0.3 is 0 Å². The maximum atomic E-state index is 12.3. The number of rotatable bonds is 4. The molecule has 2 aromatic carbocycles. The zero-order valence-electron chi connectivity index (χ0n) is 12.7. The third-order valence-electron chi connectivity index (χ3n) is 3.57. The minimum absolute atomic E-state index is 0.0394. The van der Waals surface area contributed by atoms with E-state index < -0.39 is 0 Å². The van der Waals surface area contributed by atoms with Crippen molar-refractivity contribution in [2.75, 3.05) is 6.54 Å². The quantitative estimate of drug-likeness (QED) is 0.744. The van der Waals surface area contributed by atoms with E-state index in [1.165, 1.54) is 0 Å². The second kappa shape index (κ2) is 6.38. The molecule has 0 saturated carbocycles. The van der Waals surface area contributed by atoms with Crippen LogP contribution in [-0.2, 0) is 7.05 Å². The molecule has 3 nitrogen and oxygen atoms in total. The average molecular weight is 310 g/mol. The van der Waals surface area contributed by atoms with Crippen molar-refractivity contribution in [2.24, 2.45) is 7.05 Å². The van der Waals surface area contributed by atoms with Crippen LogP contribution in [0.1, 0.15) is 6.92 Å². The van der Waals surface area contributed by atoms with Gasteiger partial charge < -0.3 is 4.57 Å². The van der Waals surface area contributed by atoms with Crippen LogP contribution in [0, 0.1) is 0 Å². The van der Waals surface area contributed by atoms with E-state index in [0.29, 0.717) is 0 Å². The Hall–Kier alpha value is -2.04. The smallest absolute Gasteiger partial charge is 0.258 e. The van der Waals surface area contributed by atoms with Crippen molar-refractivity contribution in [2.45, 2.75) is 11.8 Å². The lowest BCUT2D eigenvalue weighted by molar-refractivity contribution is 0.875. The summed E-state index contributed by atoms with van der Waals surface area (Å²) in [6.07, 6.45) is 1.92. The predicted octanol–water partition coefficient (Wildman–Crippen LogP) is 3.82. The predicted molar refractivity (Wildman–Crippen MR) is 94.2 cm³/mol. The highest BCUT2D eigenvalue weighted by Crippen LogP contribution is 2.29. The first kappa shape index (κ1) is 14.9. The normalized spacial score (nSPS) is 11.0. The van der Waals surface area contributed by atoms with Crippen molar-refractivity contribution >= 4 is 22.7 Å². The second-order valence-corrected chi connectivity index (χ2v) is 6.10. The molecule has 3 rings (SSSR count). The Bertz CT molecular complexity index is 870. The first-order valence-corrected chi connectivity index (χ1v) is 8.11. The summed E-state index contributed by atoms with van der Waals surface area (Å²) in [5.74, 6) is 0. The van der Waals surface area contributed by atoms with Crippen molar-refractivity contribution in [3.63, 3.8) is 0 Å². The van der Waals surface area contributed by atoms with E-state index in [2.05, 4.69) is 35.9 Å². The molecule has 0 fully saturated rings. The van der Waals surface area contributed by atoms with Crippen molar-refractivity contribution in [1.29, 1.82) is 0 Å². The summed E-state index contributed by atoms with van der Waals surface area (Å²) in [4.78, 5) is 13.4. The van der Waals surface area contributed by atoms with Gasteiger partial charge in [-0.15, -0.1) is 0 Å². The van der Waals surface area contributed by atoms with Gasteiger partial charge in [0.05, 0.1) is 0 Å². The minimum Gasteiger partial charge on any atom is -0.317 e. The van der Waals surface area contributed by atoms with Crippen LogP contribution in [-0.4, -0.2) is 11.1 Å². The van der Waals surface area contributed by atoms with Crippen LogP contribution in [0.5, 0.6) is 0 Å². The summed E-state index contributed by atoms with van der Waals surface area (Å²) in [6, 6.07) is 16.2. The fraction of sp³-hybridized carbons (Fsp3) is 0.167. The molecule has 0 aliphatic rings. The van der Waals surface area contributed by atoms with Gasteiger partial charge in [-0.3, -0.25) is 9.52 Å². The molecule has 0 spiro atoms. The molecule has 0 amide bonds. The minimum atomic E-state index is 0.0394. The Morgan fingerprint density at radius 3 is 2.64 bits per heavy atom. The van der Waals surface area contributed by atoms with Gasteiger partial charge in [0.25, 0.3) is 5.56 Å². The Kier molecular flexibility index (Phi) is 4.32.